The van der Waals surface area contributed by atoms with Gasteiger partial charge in [-0.3, -0.25) is 19.7 Å². The molecule has 0 radical (unpaired) electrons. The second kappa shape index (κ2) is 10.2. The van der Waals surface area contributed by atoms with Gasteiger partial charge in [-0.15, -0.1) is 0 Å². The number of hydrogen-bond acceptors (Lipinski definition) is 6. The van der Waals surface area contributed by atoms with E-state index in [2.05, 4.69) is 5.32 Å². The summed E-state index contributed by atoms with van der Waals surface area (Å²) >= 11 is 0. The minimum Gasteiger partial charge on any atom is -0.362 e. The maximum absolute atomic E-state index is 12.8. The predicted octanol–water partition coefficient (Wildman–Crippen LogP) is 2.30. The molecule has 1 N–H and O–H groups in total. The summed E-state index contributed by atoms with van der Waals surface area (Å²) in [5.74, 6) is -0.360. The van der Waals surface area contributed by atoms with Crippen molar-refractivity contribution in [1.29, 1.82) is 0 Å². The van der Waals surface area contributed by atoms with E-state index in [0.717, 1.165) is 5.56 Å². The first kappa shape index (κ1) is 23.2. The van der Waals surface area contributed by atoms with E-state index in [1.807, 2.05) is 54.2 Å². The van der Waals surface area contributed by atoms with Crippen molar-refractivity contribution >= 4 is 23.2 Å². The Balaban J connectivity index is 1.73. The summed E-state index contributed by atoms with van der Waals surface area (Å²) in [5, 5.41) is 14.6. The predicted molar refractivity (Wildman–Crippen MR) is 123 cm³/mol. The van der Waals surface area contributed by atoms with E-state index in [0.29, 0.717) is 38.4 Å². The van der Waals surface area contributed by atoms with Crippen molar-refractivity contribution in [3.63, 3.8) is 0 Å². The molecule has 1 atom stereocenters. The smallest absolute Gasteiger partial charge is 0.293 e. The Labute approximate surface area is 187 Å². The number of benzene rings is 2. The first-order chi connectivity index (χ1) is 15.3. The molecule has 0 bridgehead atoms. The van der Waals surface area contributed by atoms with Crippen LogP contribution < -0.4 is 10.2 Å². The standard InChI is InChI=1S/C23H29N5O4/c1-17(29)26-11-13-27(14-12-26)20-10-9-19(15-21(20)28(31)32)23(30)24-16-22(25(2)3)18-7-5-4-6-8-18/h4-10,15,22H,11-14,16H2,1-3H3,(H,24,30). The Hall–Kier alpha value is -3.46. The summed E-state index contributed by atoms with van der Waals surface area (Å²) in [5.41, 5.74) is 1.67. The summed E-state index contributed by atoms with van der Waals surface area (Å²) in [7, 11) is 3.88. The van der Waals surface area contributed by atoms with Gasteiger partial charge in [-0.05, 0) is 31.8 Å². The second-order valence-corrected chi connectivity index (χ2v) is 8.05. The Morgan fingerprint density at radius 1 is 1.09 bits per heavy atom. The molecule has 1 saturated heterocycles. The molecule has 32 heavy (non-hydrogen) atoms. The number of nitrogens with zero attached hydrogens (tertiary/aromatic N) is 4. The summed E-state index contributed by atoms with van der Waals surface area (Å²) in [4.78, 5) is 41.2. The van der Waals surface area contributed by atoms with E-state index >= 15 is 0 Å². The van der Waals surface area contributed by atoms with Crippen LogP contribution in [0.15, 0.2) is 48.5 Å². The number of nitro benzene ring substituents is 1. The van der Waals surface area contributed by atoms with Gasteiger partial charge in [0.05, 0.1) is 11.0 Å². The second-order valence-electron chi connectivity index (χ2n) is 8.05. The number of nitro groups is 1. The fourth-order valence-corrected chi connectivity index (χ4v) is 3.91. The molecular weight excluding hydrogens is 410 g/mol. The van der Waals surface area contributed by atoms with Gasteiger partial charge in [0, 0.05) is 51.3 Å². The molecule has 2 amide bonds. The van der Waals surface area contributed by atoms with Crippen LogP contribution in [-0.4, -0.2) is 73.4 Å². The van der Waals surface area contributed by atoms with Crippen LogP contribution in [0.25, 0.3) is 0 Å². The van der Waals surface area contributed by atoms with E-state index in [1.54, 1.807) is 17.0 Å². The number of nitrogens with one attached hydrogen (secondary N) is 1. The minimum atomic E-state index is -0.462. The van der Waals surface area contributed by atoms with Crippen LogP contribution in [-0.2, 0) is 4.79 Å². The summed E-state index contributed by atoms with van der Waals surface area (Å²) in [6.07, 6.45) is 0. The molecule has 0 saturated carbocycles. The molecule has 0 aromatic heterocycles. The lowest BCUT2D eigenvalue weighted by Crippen LogP contribution is -2.48. The molecule has 0 spiro atoms. The molecule has 0 aliphatic carbocycles. The van der Waals surface area contributed by atoms with Gasteiger partial charge in [-0.1, -0.05) is 30.3 Å². The van der Waals surface area contributed by atoms with Crippen LogP contribution in [0, 0.1) is 10.1 Å². The van der Waals surface area contributed by atoms with Gasteiger partial charge < -0.3 is 20.0 Å². The van der Waals surface area contributed by atoms with Crippen LogP contribution in [0.2, 0.25) is 0 Å². The van der Waals surface area contributed by atoms with Gasteiger partial charge in [-0.2, -0.15) is 0 Å². The normalized spacial score (nSPS) is 14.9. The maximum Gasteiger partial charge on any atom is 0.293 e. The number of likely N-dealkylation sites (N-methyl/N-ethyl adjacent to an activating group) is 1. The van der Waals surface area contributed by atoms with Crippen LogP contribution in [0.3, 0.4) is 0 Å². The number of rotatable bonds is 7. The third-order valence-electron chi connectivity index (χ3n) is 5.76. The van der Waals surface area contributed by atoms with Crippen molar-refractivity contribution < 1.29 is 14.5 Å². The highest BCUT2D eigenvalue weighted by Crippen LogP contribution is 2.30. The van der Waals surface area contributed by atoms with Gasteiger partial charge in [0.1, 0.15) is 5.69 Å². The molecule has 1 heterocycles. The lowest BCUT2D eigenvalue weighted by molar-refractivity contribution is -0.384. The molecular formula is C23H29N5O4. The van der Waals surface area contributed by atoms with Crippen LogP contribution >= 0.6 is 0 Å². The Bertz CT molecular complexity index is 972. The maximum atomic E-state index is 12.8. The van der Waals surface area contributed by atoms with Crippen LogP contribution in [0.5, 0.6) is 0 Å². The SMILES string of the molecule is CC(=O)N1CCN(c2ccc(C(=O)NCC(c3ccccc3)N(C)C)cc2[N+](=O)[O-])CC1. The van der Waals surface area contributed by atoms with Crippen LogP contribution in [0.1, 0.15) is 28.9 Å². The lowest BCUT2D eigenvalue weighted by atomic mass is 10.1. The van der Waals surface area contributed by atoms with E-state index in [9.17, 15) is 19.7 Å². The summed E-state index contributed by atoms with van der Waals surface area (Å²) in [6, 6.07) is 14.4. The summed E-state index contributed by atoms with van der Waals surface area (Å²) in [6.45, 7) is 3.93. The average Bonchev–Trinajstić information content (AvgIpc) is 2.79. The highest BCUT2D eigenvalue weighted by atomic mass is 16.6. The van der Waals surface area contributed by atoms with Gasteiger partial charge >= 0.3 is 0 Å². The molecule has 9 nitrogen and oxygen atoms in total. The van der Waals surface area contributed by atoms with E-state index in [-0.39, 0.29) is 29.1 Å². The highest BCUT2D eigenvalue weighted by Gasteiger charge is 2.26. The van der Waals surface area contributed by atoms with Gasteiger partial charge in [0.25, 0.3) is 11.6 Å². The topological polar surface area (TPSA) is 99.0 Å². The van der Waals surface area contributed by atoms with Crippen molar-refractivity contribution in [2.24, 2.45) is 0 Å². The Morgan fingerprint density at radius 3 is 2.31 bits per heavy atom. The molecule has 3 rings (SSSR count). The van der Waals surface area contributed by atoms with Crippen molar-refractivity contribution in [3.8, 4) is 0 Å². The molecule has 2 aromatic rings. The molecule has 9 heteroatoms. The number of hydrogen-bond donors (Lipinski definition) is 1. The molecule has 1 fully saturated rings. The van der Waals surface area contributed by atoms with Crippen molar-refractivity contribution in [1.82, 2.24) is 15.1 Å². The first-order valence-corrected chi connectivity index (χ1v) is 10.6. The van der Waals surface area contributed by atoms with Crippen molar-refractivity contribution in [2.75, 3.05) is 51.7 Å². The monoisotopic (exact) mass is 439 g/mol. The van der Waals surface area contributed by atoms with Crippen LogP contribution in [0.4, 0.5) is 11.4 Å². The zero-order valence-electron chi connectivity index (χ0n) is 18.7. The first-order valence-electron chi connectivity index (χ1n) is 10.6. The molecule has 170 valence electrons. The van der Waals surface area contributed by atoms with E-state index in [1.165, 1.54) is 13.0 Å². The van der Waals surface area contributed by atoms with Gasteiger partial charge in [0.15, 0.2) is 0 Å². The summed E-state index contributed by atoms with van der Waals surface area (Å²) < 4.78 is 0. The molecule has 1 unspecified atom stereocenters. The number of carbonyl (C=O) groups excluding carboxylic acids is 2. The fraction of sp³-hybridized carbons (Fsp3) is 0.391. The van der Waals surface area contributed by atoms with Gasteiger partial charge in [-0.25, -0.2) is 0 Å². The van der Waals surface area contributed by atoms with Gasteiger partial charge in [0.2, 0.25) is 5.91 Å². The molecule has 2 aromatic carbocycles. The average molecular weight is 440 g/mol. The largest absolute Gasteiger partial charge is 0.362 e. The van der Waals surface area contributed by atoms with E-state index < -0.39 is 4.92 Å². The number of piperazine rings is 1. The quantitative estimate of drug-likeness (QED) is 0.525. The van der Waals surface area contributed by atoms with Crippen molar-refractivity contribution in [2.45, 2.75) is 13.0 Å². The lowest BCUT2D eigenvalue weighted by Gasteiger charge is -2.35. The number of anilines is 1. The minimum absolute atomic E-state index is 0.00213. The fourth-order valence-electron chi connectivity index (χ4n) is 3.91. The van der Waals surface area contributed by atoms with Crippen molar-refractivity contribution in [3.05, 3.63) is 69.8 Å². The molecule has 1 aliphatic rings. The third kappa shape index (κ3) is 5.42. The third-order valence-corrected chi connectivity index (χ3v) is 5.76. The number of carbonyl (C=O) groups is 2. The Morgan fingerprint density at radius 2 is 1.75 bits per heavy atom. The zero-order chi connectivity index (χ0) is 23.3. The molecule has 1 aliphatic heterocycles. The Kier molecular flexibility index (Phi) is 7.42. The zero-order valence-corrected chi connectivity index (χ0v) is 18.7. The highest BCUT2D eigenvalue weighted by molar-refractivity contribution is 5.95. The number of amides is 2. The van der Waals surface area contributed by atoms with E-state index in [4.69, 9.17) is 0 Å².